The summed E-state index contributed by atoms with van der Waals surface area (Å²) in [5, 5.41) is 0. The van der Waals surface area contributed by atoms with E-state index < -0.39 is 0 Å². The monoisotopic (exact) mass is 154 g/mol. The van der Waals surface area contributed by atoms with Crippen molar-refractivity contribution < 1.29 is 4.39 Å². The summed E-state index contributed by atoms with van der Waals surface area (Å²) in [7, 11) is 0. The summed E-state index contributed by atoms with van der Waals surface area (Å²) < 4.78 is 12.4. The zero-order chi connectivity index (χ0) is 9.02. The van der Waals surface area contributed by atoms with Crippen LogP contribution in [0.3, 0.4) is 0 Å². The molecule has 0 atom stereocenters. The first kappa shape index (κ1) is 10.2. The first-order chi connectivity index (χ1) is 4.95. The van der Waals surface area contributed by atoms with Crippen molar-refractivity contribution in [2.24, 2.45) is 5.92 Å². The van der Waals surface area contributed by atoms with E-state index in [-0.39, 0.29) is 5.83 Å². The number of hydrogen-bond donors (Lipinski definition) is 0. The molecule has 0 saturated carbocycles. The third-order valence-electron chi connectivity index (χ3n) is 1.57. The van der Waals surface area contributed by atoms with Crippen LogP contribution in [0.1, 0.15) is 20.8 Å². The van der Waals surface area contributed by atoms with Gasteiger partial charge in [-0.3, -0.25) is 0 Å². The largest absolute Gasteiger partial charge is 0.207 e. The summed E-state index contributed by atoms with van der Waals surface area (Å²) >= 11 is 0. The SMILES string of the molecule is C=C(F)/C(C)=C\C(=C)C(C)C. The van der Waals surface area contributed by atoms with E-state index in [1.807, 2.05) is 13.8 Å². The summed E-state index contributed by atoms with van der Waals surface area (Å²) in [6.45, 7) is 12.7. The molecule has 0 aromatic carbocycles. The molecular formula is C10H15F. The van der Waals surface area contributed by atoms with Gasteiger partial charge in [-0.15, -0.1) is 0 Å². The topological polar surface area (TPSA) is 0 Å². The van der Waals surface area contributed by atoms with Gasteiger partial charge in [0.05, 0.1) is 0 Å². The highest BCUT2D eigenvalue weighted by Crippen LogP contribution is 2.15. The lowest BCUT2D eigenvalue weighted by Gasteiger charge is -2.04. The first-order valence-electron chi connectivity index (χ1n) is 3.67. The van der Waals surface area contributed by atoms with Crippen LogP contribution in [0.15, 0.2) is 36.2 Å². The van der Waals surface area contributed by atoms with Crippen molar-refractivity contribution in [1.82, 2.24) is 0 Å². The highest BCUT2D eigenvalue weighted by atomic mass is 19.1. The summed E-state index contributed by atoms with van der Waals surface area (Å²) in [6, 6.07) is 0. The lowest BCUT2D eigenvalue weighted by molar-refractivity contribution is 0.654. The molecule has 0 radical (unpaired) electrons. The zero-order valence-corrected chi connectivity index (χ0v) is 7.45. The third-order valence-corrected chi connectivity index (χ3v) is 1.57. The Labute approximate surface area is 68.1 Å². The van der Waals surface area contributed by atoms with E-state index in [1.165, 1.54) is 0 Å². The van der Waals surface area contributed by atoms with Gasteiger partial charge in [-0.25, -0.2) is 4.39 Å². The van der Waals surface area contributed by atoms with Gasteiger partial charge >= 0.3 is 0 Å². The van der Waals surface area contributed by atoms with Crippen LogP contribution in [0.4, 0.5) is 4.39 Å². The molecular weight excluding hydrogens is 139 g/mol. The van der Waals surface area contributed by atoms with Gasteiger partial charge in [0.2, 0.25) is 0 Å². The van der Waals surface area contributed by atoms with Crippen molar-refractivity contribution in [3.8, 4) is 0 Å². The summed E-state index contributed by atoms with van der Waals surface area (Å²) in [4.78, 5) is 0. The van der Waals surface area contributed by atoms with Gasteiger partial charge in [0.1, 0.15) is 5.83 Å². The van der Waals surface area contributed by atoms with Crippen LogP contribution in [0, 0.1) is 5.92 Å². The van der Waals surface area contributed by atoms with E-state index >= 15 is 0 Å². The van der Waals surface area contributed by atoms with Gasteiger partial charge in [0.25, 0.3) is 0 Å². The summed E-state index contributed by atoms with van der Waals surface area (Å²) in [6.07, 6.45) is 1.73. The molecule has 0 rings (SSSR count). The van der Waals surface area contributed by atoms with Crippen molar-refractivity contribution in [2.45, 2.75) is 20.8 Å². The Hall–Kier alpha value is -0.850. The average molecular weight is 154 g/mol. The zero-order valence-electron chi connectivity index (χ0n) is 7.45. The number of rotatable bonds is 3. The average Bonchev–Trinajstić information content (AvgIpc) is 1.87. The molecule has 0 N–H and O–H groups in total. The van der Waals surface area contributed by atoms with Gasteiger partial charge in [0, 0.05) is 0 Å². The maximum atomic E-state index is 12.4. The molecule has 0 bridgehead atoms. The van der Waals surface area contributed by atoms with E-state index in [4.69, 9.17) is 0 Å². The maximum Gasteiger partial charge on any atom is 0.118 e. The van der Waals surface area contributed by atoms with E-state index in [0.717, 1.165) is 5.57 Å². The molecule has 0 saturated heterocycles. The fourth-order valence-electron chi connectivity index (χ4n) is 0.523. The lowest BCUT2D eigenvalue weighted by Crippen LogP contribution is -1.89. The summed E-state index contributed by atoms with van der Waals surface area (Å²) in [5.41, 5.74) is 1.49. The summed E-state index contributed by atoms with van der Waals surface area (Å²) in [5.74, 6) is -0.0175. The molecule has 0 unspecified atom stereocenters. The van der Waals surface area contributed by atoms with Crippen molar-refractivity contribution in [2.75, 3.05) is 0 Å². The Bertz CT molecular complexity index is 197. The van der Waals surface area contributed by atoms with Gasteiger partial charge in [-0.05, 0) is 18.4 Å². The second kappa shape index (κ2) is 4.12. The third kappa shape index (κ3) is 3.76. The molecule has 0 aliphatic rings. The Morgan fingerprint density at radius 3 is 2.09 bits per heavy atom. The van der Waals surface area contributed by atoms with Gasteiger partial charge in [-0.2, -0.15) is 0 Å². The number of hydrogen-bond acceptors (Lipinski definition) is 0. The minimum Gasteiger partial charge on any atom is -0.207 e. The van der Waals surface area contributed by atoms with Crippen LogP contribution >= 0.6 is 0 Å². The van der Waals surface area contributed by atoms with Crippen molar-refractivity contribution >= 4 is 0 Å². The van der Waals surface area contributed by atoms with Crippen LogP contribution in [0.2, 0.25) is 0 Å². The fourth-order valence-corrected chi connectivity index (χ4v) is 0.523. The van der Waals surface area contributed by atoms with Crippen LogP contribution < -0.4 is 0 Å². The van der Waals surface area contributed by atoms with Gasteiger partial charge in [0.15, 0.2) is 0 Å². The van der Waals surface area contributed by atoms with E-state index in [0.29, 0.717) is 11.5 Å². The van der Waals surface area contributed by atoms with Crippen molar-refractivity contribution in [3.05, 3.63) is 36.2 Å². The van der Waals surface area contributed by atoms with E-state index in [9.17, 15) is 4.39 Å². The number of allylic oxidation sites excluding steroid dienone is 4. The molecule has 0 amide bonds. The normalized spacial score (nSPS) is 11.9. The Morgan fingerprint density at radius 1 is 1.36 bits per heavy atom. The van der Waals surface area contributed by atoms with Crippen LogP contribution in [-0.2, 0) is 0 Å². The molecule has 0 aliphatic carbocycles. The highest BCUT2D eigenvalue weighted by Gasteiger charge is 1.98. The molecule has 0 aromatic heterocycles. The maximum absolute atomic E-state index is 12.4. The van der Waals surface area contributed by atoms with Crippen molar-refractivity contribution in [1.29, 1.82) is 0 Å². The van der Waals surface area contributed by atoms with Gasteiger partial charge in [-0.1, -0.05) is 38.7 Å². The lowest BCUT2D eigenvalue weighted by atomic mass is 10.0. The minimum atomic E-state index is -0.383. The molecule has 1 heteroatoms. The van der Waals surface area contributed by atoms with Crippen molar-refractivity contribution in [3.63, 3.8) is 0 Å². The van der Waals surface area contributed by atoms with E-state index in [1.54, 1.807) is 13.0 Å². The van der Waals surface area contributed by atoms with Crippen LogP contribution in [-0.4, -0.2) is 0 Å². The molecule has 0 nitrogen and oxygen atoms in total. The molecule has 0 aliphatic heterocycles. The van der Waals surface area contributed by atoms with Gasteiger partial charge < -0.3 is 0 Å². The molecule has 11 heavy (non-hydrogen) atoms. The fraction of sp³-hybridized carbons (Fsp3) is 0.400. The first-order valence-corrected chi connectivity index (χ1v) is 3.67. The predicted molar refractivity (Wildman–Crippen MR) is 48.0 cm³/mol. The molecule has 0 heterocycles. The Kier molecular flexibility index (Phi) is 3.80. The molecule has 0 spiro atoms. The second-order valence-corrected chi connectivity index (χ2v) is 2.96. The Balaban J connectivity index is 4.32. The smallest absolute Gasteiger partial charge is 0.118 e. The van der Waals surface area contributed by atoms with Crippen LogP contribution in [0.5, 0.6) is 0 Å². The highest BCUT2D eigenvalue weighted by molar-refractivity contribution is 5.29. The second-order valence-electron chi connectivity index (χ2n) is 2.96. The quantitative estimate of drug-likeness (QED) is 0.544. The molecule has 62 valence electrons. The Morgan fingerprint density at radius 2 is 1.82 bits per heavy atom. The predicted octanol–water partition coefficient (Wildman–Crippen LogP) is 3.63. The van der Waals surface area contributed by atoms with Crippen LogP contribution in [0.25, 0.3) is 0 Å². The minimum absolute atomic E-state index is 0.365. The van der Waals surface area contributed by atoms with E-state index in [2.05, 4.69) is 13.2 Å². The molecule has 0 aromatic rings. The number of halogens is 1. The standard InChI is InChI=1S/C10H15F/c1-7(2)8(3)6-9(4)10(5)11/h6-7H,3,5H2,1-2,4H3/b9-6-. The molecule has 0 fully saturated rings.